The summed E-state index contributed by atoms with van der Waals surface area (Å²) in [6, 6.07) is 5.57. The number of aliphatic carboxylic acids is 1. The van der Waals surface area contributed by atoms with Crippen LogP contribution >= 0.6 is 0 Å². The molecule has 0 radical (unpaired) electrons. The third kappa shape index (κ3) is 5.38. The van der Waals surface area contributed by atoms with Crippen LogP contribution < -0.4 is 9.64 Å². The summed E-state index contributed by atoms with van der Waals surface area (Å²) in [5.41, 5.74) is 3.17. The van der Waals surface area contributed by atoms with Gasteiger partial charge in [-0.25, -0.2) is 9.78 Å². The van der Waals surface area contributed by atoms with Crippen molar-refractivity contribution in [3.8, 4) is 17.1 Å². The number of anilines is 1. The minimum absolute atomic E-state index is 0.251. The first-order chi connectivity index (χ1) is 14.9. The third-order valence-electron chi connectivity index (χ3n) is 5.89. The van der Waals surface area contributed by atoms with Crippen molar-refractivity contribution in [3.05, 3.63) is 35.7 Å². The largest absolute Gasteiger partial charge is 0.481 e. The minimum atomic E-state index is -1.14. The maximum Gasteiger partial charge on any atom is 0.337 e. The second-order valence-electron chi connectivity index (χ2n) is 10.2. The van der Waals surface area contributed by atoms with Crippen molar-refractivity contribution in [1.29, 1.82) is 0 Å². The zero-order valence-corrected chi connectivity index (χ0v) is 20.2. The van der Waals surface area contributed by atoms with Crippen molar-refractivity contribution in [2.24, 2.45) is 5.41 Å². The molecule has 174 valence electrons. The van der Waals surface area contributed by atoms with Crippen LogP contribution in [0.15, 0.2) is 24.4 Å². The molecular weight excluding hydrogens is 406 g/mol. The fourth-order valence-electron chi connectivity index (χ4n) is 4.05. The fourth-order valence-corrected chi connectivity index (χ4v) is 4.05. The summed E-state index contributed by atoms with van der Waals surface area (Å²) in [7, 11) is 1.58. The molecule has 32 heavy (non-hydrogen) atoms. The Morgan fingerprint density at radius 1 is 1.22 bits per heavy atom. The van der Waals surface area contributed by atoms with Gasteiger partial charge in [0.15, 0.2) is 6.10 Å². The predicted octanol–water partition coefficient (Wildman–Crippen LogP) is 5.03. The van der Waals surface area contributed by atoms with Crippen molar-refractivity contribution < 1.29 is 19.4 Å². The van der Waals surface area contributed by atoms with Gasteiger partial charge in [0.25, 0.3) is 0 Å². The number of carboxylic acids is 1. The van der Waals surface area contributed by atoms with Gasteiger partial charge in [0.1, 0.15) is 0 Å². The van der Waals surface area contributed by atoms with E-state index >= 15 is 0 Å². The number of aryl methyl sites for hydroxylation is 1. The van der Waals surface area contributed by atoms with Crippen LogP contribution in [-0.2, 0) is 9.53 Å². The maximum absolute atomic E-state index is 12.4. The summed E-state index contributed by atoms with van der Waals surface area (Å²) in [6.45, 7) is 13.6. The van der Waals surface area contributed by atoms with Crippen LogP contribution in [0.3, 0.4) is 0 Å². The maximum atomic E-state index is 12.4. The zero-order valence-electron chi connectivity index (χ0n) is 20.2. The number of nitrogens with zero attached hydrogens (tertiary/aromatic N) is 3. The van der Waals surface area contributed by atoms with Crippen LogP contribution in [-0.4, -0.2) is 46.8 Å². The number of ether oxygens (including phenoxy) is 2. The van der Waals surface area contributed by atoms with Crippen LogP contribution in [0.25, 0.3) is 11.3 Å². The van der Waals surface area contributed by atoms with Crippen molar-refractivity contribution in [1.82, 2.24) is 9.97 Å². The first-order valence-electron chi connectivity index (χ1n) is 11.1. The van der Waals surface area contributed by atoms with Crippen molar-refractivity contribution in [2.45, 2.75) is 66.1 Å². The molecule has 7 nitrogen and oxygen atoms in total. The summed E-state index contributed by atoms with van der Waals surface area (Å²) in [6.07, 6.45) is 2.66. The summed E-state index contributed by atoms with van der Waals surface area (Å²) in [4.78, 5) is 23.9. The molecule has 0 saturated carbocycles. The van der Waals surface area contributed by atoms with E-state index in [1.54, 1.807) is 19.4 Å². The molecule has 1 fully saturated rings. The molecule has 7 heteroatoms. The second kappa shape index (κ2) is 9.06. The van der Waals surface area contributed by atoms with E-state index in [0.717, 1.165) is 37.2 Å². The highest BCUT2D eigenvalue weighted by molar-refractivity contribution is 5.85. The molecule has 0 bridgehead atoms. The highest BCUT2D eigenvalue weighted by atomic mass is 16.5. The van der Waals surface area contributed by atoms with Gasteiger partial charge < -0.3 is 19.5 Å². The van der Waals surface area contributed by atoms with E-state index < -0.39 is 17.7 Å². The number of hydrogen-bond donors (Lipinski definition) is 1. The van der Waals surface area contributed by atoms with Crippen LogP contribution in [0.2, 0.25) is 0 Å². The Kier molecular flexibility index (Phi) is 6.79. The zero-order chi connectivity index (χ0) is 23.7. The van der Waals surface area contributed by atoms with E-state index in [4.69, 9.17) is 9.47 Å². The van der Waals surface area contributed by atoms with Gasteiger partial charge in [-0.05, 0) is 52.0 Å². The molecule has 1 atom stereocenters. The van der Waals surface area contributed by atoms with Gasteiger partial charge in [0, 0.05) is 42.2 Å². The van der Waals surface area contributed by atoms with Gasteiger partial charge in [-0.1, -0.05) is 19.9 Å². The number of piperidine rings is 1. The van der Waals surface area contributed by atoms with Crippen LogP contribution in [0.5, 0.6) is 5.88 Å². The highest BCUT2D eigenvalue weighted by Crippen LogP contribution is 2.43. The second-order valence-corrected chi connectivity index (χ2v) is 10.2. The van der Waals surface area contributed by atoms with Crippen LogP contribution in [0.4, 0.5) is 5.69 Å². The molecule has 3 heterocycles. The monoisotopic (exact) mass is 441 g/mol. The molecule has 0 aromatic carbocycles. The lowest BCUT2D eigenvalue weighted by Gasteiger charge is -2.40. The Morgan fingerprint density at radius 3 is 2.44 bits per heavy atom. The summed E-state index contributed by atoms with van der Waals surface area (Å²) >= 11 is 0. The Labute approximate surface area is 190 Å². The van der Waals surface area contributed by atoms with E-state index in [2.05, 4.69) is 28.7 Å². The van der Waals surface area contributed by atoms with E-state index in [-0.39, 0.29) is 5.41 Å². The third-order valence-corrected chi connectivity index (χ3v) is 5.89. The molecular formula is C25H35N3O4. The number of rotatable bonds is 6. The SMILES string of the molecule is COc1cccc(-c2cnc(C)c(C(OC(C)(C)C)C(=O)O)c2N2CCC(C)(C)CC2)n1. The summed E-state index contributed by atoms with van der Waals surface area (Å²) in [5.74, 6) is -0.532. The minimum Gasteiger partial charge on any atom is -0.481 e. The van der Waals surface area contributed by atoms with E-state index in [1.165, 1.54) is 0 Å². The Bertz CT molecular complexity index is 972. The molecule has 0 amide bonds. The van der Waals surface area contributed by atoms with Gasteiger partial charge in [-0.2, -0.15) is 0 Å². The van der Waals surface area contributed by atoms with Crippen LogP contribution in [0, 0.1) is 12.3 Å². The summed E-state index contributed by atoms with van der Waals surface area (Å²) in [5, 5.41) is 10.2. The number of methoxy groups -OCH3 is 1. The lowest BCUT2D eigenvalue weighted by Crippen LogP contribution is -2.39. The van der Waals surface area contributed by atoms with E-state index in [0.29, 0.717) is 22.8 Å². The normalized spacial score (nSPS) is 17.2. The average Bonchev–Trinajstić information content (AvgIpc) is 2.71. The molecule has 1 saturated heterocycles. The Hall–Kier alpha value is -2.67. The van der Waals surface area contributed by atoms with Gasteiger partial charge in [0.2, 0.25) is 5.88 Å². The molecule has 1 aliphatic rings. The number of hydrogen-bond acceptors (Lipinski definition) is 6. The van der Waals surface area contributed by atoms with Crippen molar-refractivity contribution >= 4 is 11.7 Å². The van der Waals surface area contributed by atoms with Gasteiger partial charge in [0.05, 0.1) is 24.1 Å². The van der Waals surface area contributed by atoms with Gasteiger partial charge >= 0.3 is 5.97 Å². The fraction of sp³-hybridized carbons (Fsp3) is 0.560. The summed E-state index contributed by atoms with van der Waals surface area (Å²) < 4.78 is 11.4. The molecule has 1 N–H and O–H groups in total. The molecule has 3 rings (SSSR count). The molecule has 0 spiro atoms. The standard InChI is InChI=1S/C25H35N3O4/c1-16-20(22(23(29)30)32-24(2,3)4)21(28-13-11-25(5,6)12-14-28)17(15-26-16)18-9-8-10-19(27-18)31-7/h8-10,15,22H,11-14H2,1-7H3,(H,29,30). The smallest absolute Gasteiger partial charge is 0.337 e. The number of carbonyl (C=O) groups is 1. The average molecular weight is 442 g/mol. The van der Waals surface area contributed by atoms with Gasteiger partial charge in [-0.15, -0.1) is 0 Å². The highest BCUT2D eigenvalue weighted by Gasteiger charge is 2.36. The lowest BCUT2D eigenvalue weighted by molar-refractivity contribution is -0.160. The molecule has 2 aromatic rings. The molecule has 0 aliphatic carbocycles. The molecule has 2 aromatic heterocycles. The molecule has 1 aliphatic heterocycles. The topological polar surface area (TPSA) is 84.8 Å². The first kappa shape index (κ1) is 24.0. The number of pyridine rings is 2. The lowest BCUT2D eigenvalue weighted by atomic mass is 9.82. The number of aromatic nitrogens is 2. The number of carboxylic acid groups (broad SMARTS) is 1. The molecule has 1 unspecified atom stereocenters. The van der Waals surface area contributed by atoms with Crippen LogP contribution in [0.1, 0.15) is 64.8 Å². The van der Waals surface area contributed by atoms with Crippen molar-refractivity contribution in [2.75, 3.05) is 25.1 Å². The predicted molar refractivity (Wildman–Crippen MR) is 125 cm³/mol. The quantitative estimate of drug-likeness (QED) is 0.673. The Morgan fingerprint density at radius 2 is 1.88 bits per heavy atom. The first-order valence-corrected chi connectivity index (χ1v) is 11.1. The Balaban J connectivity index is 2.24. The van der Waals surface area contributed by atoms with Crippen molar-refractivity contribution in [3.63, 3.8) is 0 Å². The van der Waals surface area contributed by atoms with E-state index in [1.807, 2.05) is 39.8 Å². The van der Waals surface area contributed by atoms with Gasteiger partial charge in [-0.3, -0.25) is 4.98 Å². The van der Waals surface area contributed by atoms with E-state index in [9.17, 15) is 9.90 Å².